The zero-order chi connectivity index (χ0) is 19.9. The zero-order valence-electron chi connectivity index (χ0n) is 14.7. The molecule has 7 nitrogen and oxygen atoms in total. The van der Waals surface area contributed by atoms with Crippen molar-refractivity contribution in [2.24, 2.45) is 0 Å². The van der Waals surface area contributed by atoms with Crippen LogP contribution in [-0.4, -0.2) is 46.2 Å². The van der Waals surface area contributed by atoms with Crippen molar-refractivity contribution in [1.82, 2.24) is 15.1 Å². The van der Waals surface area contributed by atoms with Crippen LogP contribution in [0.3, 0.4) is 0 Å². The van der Waals surface area contributed by atoms with Crippen LogP contribution in [-0.2, 0) is 19.1 Å². The van der Waals surface area contributed by atoms with Crippen LogP contribution in [0.25, 0.3) is 0 Å². The van der Waals surface area contributed by atoms with E-state index in [2.05, 4.69) is 10.4 Å². The summed E-state index contributed by atoms with van der Waals surface area (Å²) in [4.78, 5) is 12.5. The lowest BCUT2D eigenvalue weighted by molar-refractivity contribution is -0.137. The number of alkyl halides is 3. The van der Waals surface area contributed by atoms with Crippen LogP contribution < -0.4 is 14.8 Å². The minimum Gasteiger partial charge on any atom is -0.491 e. The summed E-state index contributed by atoms with van der Waals surface area (Å²) in [5.74, 6) is 0.315. The maximum absolute atomic E-state index is 12.9. The van der Waals surface area contributed by atoms with E-state index in [9.17, 15) is 23.1 Å². The summed E-state index contributed by atoms with van der Waals surface area (Å²) in [6, 6.07) is 4.33. The van der Waals surface area contributed by atoms with E-state index in [0.29, 0.717) is 30.2 Å². The average molecular weight is 397 g/mol. The second-order valence-electron chi connectivity index (χ2n) is 6.85. The largest absolute Gasteiger partial charge is 0.491 e. The molecule has 28 heavy (non-hydrogen) atoms. The van der Waals surface area contributed by atoms with Gasteiger partial charge in [0.1, 0.15) is 19.0 Å². The van der Waals surface area contributed by atoms with Crippen LogP contribution in [0.15, 0.2) is 24.3 Å². The predicted molar refractivity (Wildman–Crippen MR) is 90.2 cm³/mol. The minimum atomic E-state index is -4.44. The first-order valence-corrected chi connectivity index (χ1v) is 8.82. The number of carbonyl (C=O) groups is 1. The van der Waals surface area contributed by atoms with Gasteiger partial charge in [0.25, 0.3) is 5.91 Å². The van der Waals surface area contributed by atoms with Crippen molar-refractivity contribution >= 4 is 5.91 Å². The van der Waals surface area contributed by atoms with E-state index in [-0.39, 0.29) is 25.3 Å². The topological polar surface area (TPSA) is 85.6 Å². The van der Waals surface area contributed by atoms with Gasteiger partial charge in [-0.3, -0.25) is 4.79 Å². The number of ether oxygens (including phenoxy) is 2. The van der Waals surface area contributed by atoms with Crippen molar-refractivity contribution in [2.75, 3.05) is 13.2 Å². The molecular formula is C18H18F3N3O4. The number of amides is 1. The Labute approximate surface area is 158 Å². The number of halogens is 3. The lowest BCUT2D eigenvalue weighted by Gasteiger charge is -2.26. The molecule has 0 spiro atoms. The number of hydrogen-bond acceptors (Lipinski definition) is 5. The molecule has 2 atom stereocenters. The Kier molecular flexibility index (Phi) is 4.66. The standard InChI is InChI=1S/C18H18F3N3O4/c19-18(20,21)11-1-2-15-10(5-11)6-12(8-27-15)22-17(26)14-7-16-24(23-14)4-3-13(25)9-28-16/h1-2,5,7,12-13,25H,3-4,6,8-9H2,(H,22,26)/t12-,13?/m1/s1. The Morgan fingerprint density at radius 3 is 2.86 bits per heavy atom. The second kappa shape index (κ2) is 7.01. The van der Waals surface area contributed by atoms with E-state index in [0.717, 1.165) is 12.1 Å². The highest BCUT2D eigenvalue weighted by Gasteiger charge is 2.32. The van der Waals surface area contributed by atoms with Gasteiger partial charge in [-0.15, -0.1) is 0 Å². The van der Waals surface area contributed by atoms with E-state index in [4.69, 9.17) is 9.47 Å². The summed E-state index contributed by atoms with van der Waals surface area (Å²) in [7, 11) is 0. The van der Waals surface area contributed by atoms with Crippen molar-refractivity contribution in [2.45, 2.75) is 37.7 Å². The molecule has 0 saturated carbocycles. The second-order valence-corrected chi connectivity index (χ2v) is 6.85. The number of hydrogen-bond donors (Lipinski definition) is 2. The van der Waals surface area contributed by atoms with Crippen molar-refractivity contribution in [1.29, 1.82) is 0 Å². The van der Waals surface area contributed by atoms with E-state index >= 15 is 0 Å². The zero-order valence-corrected chi connectivity index (χ0v) is 14.7. The SMILES string of the molecule is O=C(N[C@H]1COc2ccc(C(F)(F)F)cc2C1)c1cc2n(n1)CCC(O)CO2. The van der Waals surface area contributed by atoms with Crippen LogP contribution in [0.5, 0.6) is 11.6 Å². The van der Waals surface area contributed by atoms with Crippen LogP contribution in [0, 0.1) is 0 Å². The Morgan fingerprint density at radius 2 is 2.07 bits per heavy atom. The van der Waals surface area contributed by atoms with E-state index in [1.165, 1.54) is 16.8 Å². The lowest BCUT2D eigenvalue weighted by Crippen LogP contribution is -2.43. The number of aliphatic hydroxyl groups is 1. The molecule has 1 unspecified atom stereocenters. The van der Waals surface area contributed by atoms with Gasteiger partial charge in [0, 0.05) is 12.6 Å². The molecule has 2 N–H and O–H groups in total. The van der Waals surface area contributed by atoms with Gasteiger partial charge in [0.2, 0.25) is 5.88 Å². The predicted octanol–water partition coefficient (Wildman–Crippen LogP) is 1.78. The number of carbonyl (C=O) groups excluding carboxylic acids is 1. The smallest absolute Gasteiger partial charge is 0.416 e. The number of aromatic nitrogens is 2. The van der Waals surface area contributed by atoms with E-state index < -0.39 is 29.8 Å². The molecule has 0 aliphatic carbocycles. The summed E-state index contributed by atoms with van der Waals surface area (Å²) in [5.41, 5.74) is -0.218. The molecule has 10 heteroatoms. The molecule has 1 aromatic carbocycles. The molecule has 150 valence electrons. The number of fused-ring (bicyclic) bond motifs is 2. The summed E-state index contributed by atoms with van der Waals surface area (Å²) < 4.78 is 51.1. The first-order valence-electron chi connectivity index (χ1n) is 8.82. The van der Waals surface area contributed by atoms with Crippen molar-refractivity contribution in [3.63, 3.8) is 0 Å². The number of aryl methyl sites for hydroxylation is 1. The Bertz CT molecular complexity index is 871. The van der Waals surface area contributed by atoms with Gasteiger partial charge < -0.3 is 19.9 Å². The van der Waals surface area contributed by atoms with Gasteiger partial charge >= 0.3 is 6.18 Å². The molecule has 1 amide bonds. The Morgan fingerprint density at radius 1 is 1.25 bits per heavy atom. The number of nitrogens with zero attached hydrogens (tertiary/aromatic N) is 2. The van der Waals surface area contributed by atoms with E-state index in [1.807, 2.05) is 0 Å². The highest BCUT2D eigenvalue weighted by Crippen LogP contribution is 2.34. The van der Waals surface area contributed by atoms with Crippen LogP contribution in [0.4, 0.5) is 13.2 Å². The van der Waals surface area contributed by atoms with Gasteiger partial charge in [0.15, 0.2) is 5.69 Å². The highest BCUT2D eigenvalue weighted by molar-refractivity contribution is 5.92. The molecule has 0 saturated heterocycles. The van der Waals surface area contributed by atoms with E-state index in [1.54, 1.807) is 0 Å². The molecule has 4 rings (SSSR count). The Balaban J connectivity index is 1.44. The molecule has 0 radical (unpaired) electrons. The summed E-state index contributed by atoms with van der Waals surface area (Å²) in [5, 5.41) is 16.5. The van der Waals surface area contributed by atoms with Crippen molar-refractivity contribution < 1.29 is 32.5 Å². The van der Waals surface area contributed by atoms with Crippen LogP contribution in [0.2, 0.25) is 0 Å². The summed E-state index contributed by atoms with van der Waals surface area (Å²) >= 11 is 0. The summed E-state index contributed by atoms with van der Waals surface area (Å²) in [6.07, 6.45) is -4.33. The number of nitrogens with one attached hydrogen (secondary N) is 1. The number of aliphatic hydroxyl groups excluding tert-OH is 1. The Hall–Kier alpha value is -2.75. The molecule has 3 heterocycles. The van der Waals surface area contributed by atoms with Gasteiger partial charge in [-0.25, -0.2) is 4.68 Å². The lowest BCUT2D eigenvalue weighted by atomic mass is 10.00. The van der Waals surface area contributed by atoms with Gasteiger partial charge in [-0.2, -0.15) is 18.3 Å². The quantitative estimate of drug-likeness (QED) is 0.807. The average Bonchev–Trinajstić information content (AvgIpc) is 2.99. The first kappa shape index (κ1) is 18.6. The molecule has 2 aliphatic rings. The molecule has 0 fully saturated rings. The molecule has 2 aromatic rings. The van der Waals surface area contributed by atoms with Crippen molar-refractivity contribution in [3.8, 4) is 11.6 Å². The summed E-state index contributed by atoms with van der Waals surface area (Å²) in [6.45, 7) is 0.700. The third-order valence-corrected chi connectivity index (χ3v) is 4.70. The number of benzene rings is 1. The monoisotopic (exact) mass is 397 g/mol. The van der Waals surface area contributed by atoms with Gasteiger partial charge in [0.05, 0.1) is 17.7 Å². The highest BCUT2D eigenvalue weighted by atomic mass is 19.4. The first-order chi connectivity index (χ1) is 13.3. The fraction of sp³-hybridized carbons (Fsp3) is 0.444. The van der Waals surface area contributed by atoms with Crippen LogP contribution >= 0.6 is 0 Å². The third-order valence-electron chi connectivity index (χ3n) is 4.70. The van der Waals surface area contributed by atoms with Gasteiger partial charge in [-0.1, -0.05) is 0 Å². The van der Waals surface area contributed by atoms with Gasteiger partial charge in [-0.05, 0) is 36.6 Å². The fourth-order valence-electron chi connectivity index (χ4n) is 3.25. The molecule has 2 aliphatic heterocycles. The third kappa shape index (κ3) is 3.77. The molecule has 1 aromatic heterocycles. The maximum Gasteiger partial charge on any atom is 0.416 e. The fourth-order valence-corrected chi connectivity index (χ4v) is 3.25. The van der Waals surface area contributed by atoms with Crippen molar-refractivity contribution in [3.05, 3.63) is 41.1 Å². The maximum atomic E-state index is 12.9. The number of rotatable bonds is 2. The normalized spacial score (nSPS) is 21.6. The van der Waals surface area contributed by atoms with Crippen LogP contribution in [0.1, 0.15) is 28.0 Å². The molecular weight excluding hydrogens is 379 g/mol. The molecule has 0 bridgehead atoms. The minimum absolute atomic E-state index is 0.127.